The summed E-state index contributed by atoms with van der Waals surface area (Å²) in [6, 6.07) is 5.43. The number of nitro groups is 1. The van der Waals surface area contributed by atoms with Gasteiger partial charge in [0, 0.05) is 46.2 Å². The van der Waals surface area contributed by atoms with E-state index in [2.05, 4.69) is 69.5 Å². The van der Waals surface area contributed by atoms with Crippen molar-refractivity contribution in [2.24, 2.45) is 4.40 Å². The molecule has 0 radical (unpaired) electrons. The number of alkyl halides is 2. The van der Waals surface area contributed by atoms with Gasteiger partial charge in [-0.2, -0.15) is 13.2 Å². The van der Waals surface area contributed by atoms with Gasteiger partial charge in [-0.15, -0.1) is 0 Å². The topological polar surface area (TPSA) is 129 Å². The molecule has 0 fully saturated rings. The Bertz CT molecular complexity index is 1710. The van der Waals surface area contributed by atoms with Crippen molar-refractivity contribution >= 4 is 52.8 Å². The van der Waals surface area contributed by atoms with Gasteiger partial charge in [-0.05, 0) is 71.0 Å². The lowest BCUT2D eigenvalue weighted by molar-refractivity contribution is -0.384. The zero-order valence-electron chi connectivity index (χ0n) is 29.2. The molecule has 49 heavy (non-hydrogen) atoms. The maximum atomic E-state index is 15.5. The van der Waals surface area contributed by atoms with Crippen LogP contribution in [-0.2, 0) is 21.0 Å². The molecule has 0 aliphatic carbocycles. The summed E-state index contributed by atoms with van der Waals surface area (Å²) in [5, 5.41) is 15.1. The molecule has 1 aromatic heterocycles. The normalized spacial score (nSPS) is 14.3. The van der Waals surface area contributed by atoms with Crippen molar-refractivity contribution in [2.75, 3.05) is 5.32 Å². The maximum Gasteiger partial charge on any atom is 0.387 e. The van der Waals surface area contributed by atoms with Crippen molar-refractivity contribution in [1.29, 1.82) is 0 Å². The Kier molecular flexibility index (Phi) is 12.6. The van der Waals surface area contributed by atoms with Gasteiger partial charge in [0.15, 0.2) is 14.1 Å². The van der Waals surface area contributed by atoms with Crippen LogP contribution in [0.5, 0.6) is 5.75 Å². The number of hydrogen-bond donors (Lipinski definition) is 1. The highest BCUT2D eigenvalue weighted by Gasteiger charge is 2.43. The zero-order chi connectivity index (χ0) is 37.1. The van der Waals surface area contributed by atoms with Crippen molar-refractivity contribution in [1.82, 2.24) is 9.97 Å². The summed E-state index contributed by atoms with van der Waals surface area (Å²) < 4.78 is 70.1. The van der Waals surface area contributed by atoms with Gasteiger partial charge in [0.1, 0.15) is 33.8 Å². The standard InChI is InChI=1S/C33H43BrF3N5O5SSi/c1-31(2,3)48(45)40-15-14-24(28-22(34)12-11-13-27(28)46-30(36)37)41-25-16-21(23(35)17-26(25)42(43)44)20-18-38-29(39-19-20)33(7,8)47-49(9,10)32(4,5)6/h11-13,15-19,24,30,41H,14H2,1-10H3/t24-,48-/m1/s1. The molecule has 2 aromatic carbocycles. The van der Waals surface area contributed by atoms with Gasteiger partial charge in [-0.25, -0.2) is 18.6 Å². The van der Waals surface area contributed by atoms with E-state index in [0.29, 0.717) is 10.3 Å². The fourth-order valence-corrected chi connectivity index (χ4v) is 7.37. The van der Waals surface area contributed by atoms with Crippen LogP contribution >= 0.6 is 15.9 Å². The van der Waals surface area contributed by atoms with Gasteiger partial charge < -0.3 is 14.5 Å². The highest BCUT2D eigenvalue weighted by atomic mass is 79.9. The lowest BCUT2D eigenvalue weighted by atomic mass is 10.0. The number of anilines is 1. The van der Waals surface area contributed by atoms with Crippen LogP contribution < -0.4 is 10.1 Å². The lowest BCUT2D eigenvalue weighted by Gasteiger charge is -2.42. The molecule has 1 heterocycles. The third-order valence-electron chi connectivity index (χ3n) is 8.04. The molecule has 0 bridgehead atoms. The van der Waals surface area contributed by atoms with Crippen LogP contribution in [0.3, 0.4) is 0 Å². The highest BCUT2D eigenvalue weighted by Crippen LogP contribution is 2.42. The van der Waals surface area contributed by atoms with Crippen LogP contribution in [-0.4, -0.2) is 45.0 Å². The number of nitro benzene ring substituents is 1. The zero-order valence-corrected chi connectivity index (χ0v) is 32.6. The van der Waals surface area contributed by atoms with Crippen LogP contribution in [0.4, 0.5) is 24.5 Å². The van der Waals surface area contributed by atoms with E-state index in [4.69, 9.17) is 9.16 Å². The SMILES string of the molecule is CC(C)(O[Si](C)(C)C(C)(C)C)c1ncc(-c2cc(N[C@H](CC=N[S@](=O)C(C)(C)C)c3c(Br)cccc3OC(F)F)c([N+](=O)[O-])cc2F)cn1. The Labute approximate surface area is 297 Å². The van der Waals surface area contributed by atoms with E-state index in [-0.39, 0.29) is 39.6 Å². The number of halogens is 4. The van der Waals surface area contributed by atoms with Gasteiger partial charge in [0.2, 0.25) is 0 Å². The Morgan fingerprint density at radius 2 is 1.71 bits per heavy atom. The molecule has 16 heteroatoms. The summed E-state index contributed by atoms with van der Waals surface area (Å²) in [5.74, 6) is -0.718. The molecular formula is C33H43BrF3N5O5SSi. The first-order chi connectivity index (χ1) is 22.4. The molecule has 1 N–H and O–H groups in total. The number of aromatic nitrogens is 2. The first-order valence-electron chi connectivity index (χ1n) is 15.4. The second kappa shape index (κ2) is 15.4. The van der Waals surface area contributed by atoms with Crippen LogP contribution in [0.2, 0.25) is 18.1 Å². The molecule has 3 aromatic rings. The van der Waals surface area contributed by atoms with E-state index in [1.54, 1.807) is 26.8 Å². The molecular weight excluding hydrogens is 743 g/mol. The van der Waals surface area contributed by atoms with E-state index in [0.717, 1.165) is 6.07 Å². The van der Waals surface area contributed by atoms with Crippen LogP contribution in [0.15, 0.2) is 51.6 Å². The number of nitrogens with zero attached hydrogens (tertiary/aromatic N) is 4. The quantitative estimate of drug-likeness (QED) is 0.0785. The van der Waals surface area contributed by atoms with Crippen molar-refractivity contribution in [3.63, 3.8) is 0 Å². The van der Waals surface area contributed by atoms with E-state index >= 15 is 4.39 Å². The Morgan fingerprint density at radius 3 is 2.24 bits per heavy atom. The third kappa shape index (κ3) is 10.2. The minimum Gasteiger partial charge on any atom is -0.434 e. The summed E-state index contributed by atoms with van der Waals surface area (Å²) in [6.07, 6.45) is 4.12. The predicted octanol–water partition coefficient (Wildman–Crippen LogP) is 9.89. The largest absolute Gasteiger partial charge is 0.434 e. The van der Waals surface area contributed by atoms with Gasteiger partial charge in [-0.1, -0.05) is 42.8 Å². The van der Waals surface area contributed by atoms with Gasteiger partial charge in [0.05, 0.1) is 21.8 Å². The average Bonchev–Trinajstić information content (AvgIpc) is 2.95. The predicted molar refractivity (Wildman–Crippen MR) is 194 cm³/mol. The van der Waals surface area contributed by atoms with E-state index in [1.165, 1.54) is 36.8 Å². The second-order valence-electron chi connectivity index (χ2n) is 14.4. The average molecular weight is 787 g/mol. The lowest BCUT2D eigenvalue weighted by Crippen LogP contribution is -2.46. The van der Waals surface area contributed by atoms with E-state index in [9.17, 15) is 23.1 Å². The van der Waals surface area contributed by atoms with Gasteiger partial charge in [0.25, 0.3) is 5.69 Å². The van der Waals surface area contributed by atoms with Crippen molar-refractivity contribution in [3.8, 4) is 16.9 Å². The highest BCUT2D eigenvalue weighted by molar-refractivity contribution is 9.10. The first-order valence-corrected chi connectivity index (χ1v) is 20.2. The fraction of sp³-hybridized carbons (Fsp3) is 0.485. The smallest absolute Gasteiger partial charge is 0.387 e. The van der Waals surface area contributed by atoms with E-state index in [1.807, 2.05) is 13.8 Å². The maximum absolute atomic E-state index is 15.5. The summed E-state index contributed by atoms with van der Waals surface area (Å²) in [7, 11) is -3.85. The molecule has 268 valence electrons. The molecule has 0 aliphatic heterocycles. The molecule has 0 aliphatic rings. The Hall–Kier alpha value is -3.21. The summed E-state index contributed by atoms with van der Waals surface area (Å²) in [4.78, 5) is 20.3. The fourth-order valence-electron chi connectivity index (χ4n) is 4.53. The minimum atomic E-state index is -3.16. The summed E-state index contributed by atoms with van der Waals surface area (Å²) in [6.45, 7) is 16.4. The molecule has 0 unspecified atom stereocenters. The van der Waals surface area contributed by atoms with Crippen molar-refractivity contribution < 1.29 is 31.5 Å². The molecule has 0 saturated carbocycles. The molecule has 0 spiro atoms. The molecule has 2 atom stereocenters. The van der Waals surface area contributed by atoms with Gasteiger partial charge >= 0.3 is 6.61 Å². The molecule has 0 amide bonds. The molecule has 3 rings (SSSR count). The Balaban J connectivity index is 2.11. The molecule has 0 saturated heterocycles. The molecule has 10 nitrogen and oxygen atoms in total. The van der Waals surface area contributed by atoms with E-state index < -0.39 is 58.7 Å². The number of ether oxygens (including phenoxy) is 1. The third-order valence-corrected chi connectivity index (χ3v) is 14.8. The van der Waals surface area contributed by atoms with Crippen LogP contribution in [0.25, 0.3) is 11.1 Å². The number of hydrogen-bond acceptors (Lipinski definition) is 8. The van der Waals surface area contributed by atoms with Crippen molar-refractivity contribution in [3.05, 3.63) is 74.5 Å². The Morgan fingerprint density at radius 1 is 1.10 bits per heavy atom. The number of rotatable bonds is 13. The number of benzene rings is 2. The van der Waals surface area contributed by atoms with Crippen LogP contribution in [0, 0.1) is 15.9 Å². The second-order valence-corrected chi connectivity index (χ2v) is 21.9. The van der Waals surface area contributed by atoms with Crippen molar-refractivity contribution in [2.45, 2.75) is 103 Å². The first kappa shape index (κ1) is 40.2. The monoisotopic (exact) mass is 785 g/mol. The summed E-state index contributed by atoms with van der Waals surface area (Å²) in [5.41, 5.74) is -1.20. The van der Waals surface area contributed by atoms with Crippen LogP contribution in [0.1, 0.15) is 79.2 Å². The van der Waals surface area contributed by atoms with Gasteiger partial charge in [-0.3, -0.25) is 10.1 Å². The minimum absolute atomic E-state index is 0.0415. The number of nitrogens with one attached hydrogen (secondary N) is 1. The summed E-state index contributed by atoms with van der Waals surface area (Å²) >= 11 is 3.38.